The third kappa shape index (κ3) is 1.27. The smallest absolute Gasteiger partial charge is 0.0456 e. The van der Waals surface area contributed by atoms with Crippen LogP contribution in [0.4, 0.5) is 0 Å². The van der Waals surface area contributed by atoms with Gasteiger partial charge in [0.05, 0.1) is 0 Å². The summed E-state index contributed by atoms with van der Waals surface area (Å²) in [5.74, 6) is 0. The van der Waals surface area contributed by atoms with Crippen LogP contribution >= 0.6 is 15.9 Å². The summed E-state index contributed by atoms with van der Waals surface area (Å²) in [7, 11) is 0. The van der Waals surface area contributed by atoms with Crippen LogP contribution in [-0.2, 0) is 0 Å². The normalized spacial score (nSPS) is 10.8. The number of halogens is 1. The van der Waals surface area contributed by atoms with Crippen molar-refractivity contribution in [3.8, 4) is 0 Å². The second kappa shape index (κ2) is 2.94. The van der Waals surface area contributed by atoms with Crippen LogP contribution in [0.15, 0.2) is 28.7 Å². The van der Waals surface area contributed by atoms with E-state index < -0.39 is 0 Å². The first-order chi connectivity index (χ1) is 5.79. The van der Waals surface area contributed by atoms with Gasteiger partial charge < -0.3 is 4.98 Å². The summed E-state index contributed by atoms with van der Waals surface area (Å²) in [6.45, 7) is 2.03. The van der Waals surface area contributed by atoms with E-state index in [0.29, 0.717) is 0 Å². The highest BCUT2D eigenvalue weighted by atomic mass is 79.9. The summed E-state index contributed by atoms with van der Waals surface area (Å²) >= 11 is 3.44. The molecule has 0 bridgehead atoms. The van der Waals surface area contributed by atoms with Gasteiger partial charge in [-0.2, -0.15) is 0 Å². The van der Waals surface area contributed by atoms with Crippen molar-refractivity contribution < 1.29 is 0 Å². The Balaban J connectivity index is 2.67. The zero-order chi connectivity index (χ0) is 8.55. The summed E-state index contributed by atoms with van der Waals surface area (Å²) < 4.78 is 1.12. The lowest BCUT2D eigenvalue weighted by atomic mass is 10.2. The second-order valence-corrected chi connectivity index (χ2v) is 3.66. The SMILES string of the molecule is C[CH]c1cc2cc(Br)ccc2[nH]1. The van der Waals surface area contributed by atoms with E-state index >= 15 is 0 Å². The van der Waals surface area contributed by atoms with E-state index in [4.69, 9.17) is 0 Å². The van der Waals surface area contributed by atoms with Gasteiger partial charge in [-0.25, -0.2) is 0 Å². The first kappa shape index (κ1) is 7.87. The van der Waals surface area contributed by atoms with E-state index in [1.807, 2.05) is 13.0 Å². The van der Waals surface area contributed by atoms with E-state index in [1.165, 1.54) is 16.6 Å². The number of aromatic amines is 1. The van der Waals surface area contributed by atoms with Crippen molar-refractivity contribution in [2.24, 2.45) is 0 Å². The van der Waals surface area contributed by atoms with Crippen LogP contribution < -0.4 is 0 Å². The lowest BCUT2D eigenvalue weighted by Crippen LogP contribution is -1.72. The minimum Gasteiger partial charge on any atom is -0.358 e. The highest BCUT2D eigenvalue weighted by Crippen LogP contribution is 2.20. The van der Waals surface area contributed by atoms with Crippen molar-refractivity contribution in [2.75, 3.05) is 0 Å². The molecule has 2 heteroatoms. The summed E-state index contributed by atoms with van der Waals surface area (Å²) in [6.07, 6.45) is 2.06. The minimum atomic E-state index is 1.12. The van der Waals surface area contributed by atoms with Crippen LogP contribution in [0.3, 0.4) is 0 Å². The second-order valence-electron chi connectivity index (χ2n) is 2.74. The van der Waals surface area contributed by atoms with Gasteiger partial charge in [0.15, 0.2) is 0 Å². The first-order valence-corrected chi connectivity index (χ1v) is 4.66. The lowest BCUT2D eigenvalue weighted by Gasteiger charge is -1.89. The molecule has 0 aliphatic heterocycles. The number of hydrogen-bond donors (Lipinski definition) is 1. The van der Waals surface area contributed by atoms with Crippen LogP contribution in [0, 0.1) is 6.42 Å². The van der Waals surface area contributed by atoms with Crippen molar-refractivity contribution in [3.63, 3.8) is 0 Å². The minimum absolute atomic E-state index is 1.12. The Bertz CT molecular complexity index is 403. The Hall–Kier alpha value is -0.760. The number of aromatic nitrogens is 1. The molecule has 0 spiro atoms. The monoisotopic (exact) mass is 222 g/mol. The largest absolute Gasteiger partial charge is 0.358 e. The van der Waals surface area contributed by atoms with Crippen molar-refractivity contribution in [1.29, 1.82) is 0 Å². The molecule has 0 aliphatic carbocycles. The van der Waals surface area contributed by atoms with Gasteiger partial charge in [0.25, 0.3) is 0 Å². The van der Waals surface area contributed by atoms with Gasteiger partial charge >= 0.3 is 0 Å². The molecule has 0 unspecified atom stereocenters. The molecule has 0 saturated heterocycles. The number of rotatable bonds is 1. The maximum absolute atomic E-state index is 3.44. The van der Waals surface area contributed by atoms with Crippen molar-refractivity contribution in [2.45, 2.75) is 6.92 Å². The molecule has 1 heterocycles. The van der Waals surface area contributed by atoms with Gasteiger partial charge in [0.1, 0.15) is 0 Å². The lowest BCUT2D eigenvalue weighted by molar-refractivity contribution is 1.29. The quantitative estimate of drug-likeness (QED) is 0.761. The zero-order valence-electron chi connectivity index (χ0n) is 6.76. The predicted molar refractivity (Wildman–Crippen MR) is 55.1 cm³/mol. The number of hydrogen-bond acceptors (Lipinski definition) is 0. The van der Waals surface area contributed by atoms with Crippen molar-refractivity contribution in [1.82, 2.24) is 4.98 Å². The Labute approximate surface area is 79.9 Å². The van der Waals surface area contributed by atoms with Gasteiger partial charge in [0, 0.05) is 27.5 Å². The maximum Gasteiger partial charge on any atom is 0.0456 e. The molecule has 1 radical (unpaired) electrons. The topological polar surface area (TPSA) is 15.8 Å². The van der Waals surface area contributed by atoms with Gasteiger partial charge in [-0.15, -0.1) is 0 Å². The number of H-pyrrole nitrogens is 1. The molecule has 2 rings (SSSR count). The highest BCUT2D eigenvalue weighted by Gasteiger charge is 1.98. The third-order valence-corrected chi connectivity index (χ3v) is 2.41. The molecule has 1 N–H and O–H groups in total. The number of benzene rings is 1. The summed E-state index contributed by atoms with van der Waals surface area (Å²) in [6, 6.07) is 8.36. The fraction of sp³-hybridized carbons (Fsp3) is 0.100. The Kier molecular flexibility index (Phi) is 1.93. The van der Waals surface area contributed by atoms with Gasteiger partial charge in [-0.1, -0.05) is 22.9 Å². The maximum atomic E-state index is 3.44. The molecular formula is C10H9BrN. The van der Waals surface area contributed by atoms with E-state index in [0.717, 1.165) is 4.47 Å². The summed E-state index contributed by atoms with van der Waals surface area (Å²) in [5, 5.41) is 1.25. The van der Waals surface area contributed by atoms with Gasteiger partial charge in [-0.3, -0.25) is 0 Å². The van der Waals surface area contributed by atoms with E-state index in [-0.39, 0.29) is 0 Å². The fourth-order valence-corrected chi connectivity index (χ4v) is 1.66. The average Bonchev–Trinajstić information content (AvgIpc) is 2.46. The zero-order valence-corrected chi connectivity index (χ0v) is 8.35. The van der Waals surface area contributed by atoms with Crippen molar-refractivity contribution in [3.05, 3.63) is 40.9 Å². The van der Waals surface area contributed by atoms with Crippen LogP contribution in [0.1, 0.15) is 12.6 Å². The molecule has 0 atom stereocenters. The van der Waals surface area contributed by atoms with Crippen LogP contribution in [0.25, 0.3) is 10.9 Å². The Morgan fingerprint density at radius 1 is 1.33 bits per heavy atom. The predicted octanol–water partition coefficient (Wildman–Crippen LogP) is 3.50. The Morgan fingerprint density at radius 2 is 2.17 bits per heavy atom. The molecule has 1 aromatic carbocycles. The molecule has 1 nitrogen and oxygen atoms in total. The highest BCUT2D eigenvalue weighted by molar-refractivity contribution is 9.10. The average molecular weight is 223 g/mol. The third-order valence-electron chi connectivity index (χ3n) is 1.91. The summed E-state index contributed by atoms with van der Waals surface area (Å²) in [5.41, 5.74) is 2.36. The van der Waals surface area contributed by atoms with E-state index in [2.05, 4.69) is 45.5 Å². The molecule has 12 heavy (non-hydrogen) atoms. The van der Waals surface area contributed by atoms with Crippen molar-refractivity contribution >= 4 is 26.8 Å². The molecule has 61 valence electrons. The van der Waals surface area contributed by atoms with Gasteiger partial charge in [0.2, 0.25) is 0 Å². The first-order valence-electron chi connectivity index (χ1n) is 3.87. The molecular weight excluding hydrogens is 214 g/mol. The van der Waals surface area contributed by atoms with E-state index in [9.17, 15) is 0 Å². The molecule has 0 amide bonds. The number of nitrogens with one attached hydrogen (secondary N) is 1. The molecule has 2 aromatic rings. The molecule has 1 aromatic heterocycles. The number of fused-ring (bicyclic) bond motifs is 1. The van der Waals surface area contributed by atoms with Crippen LogP contribution in [0.2, 0.25) is 0 Å². The van der Waals surface area contributed by atoms with Gasteiger partial charge in [-0.05, 0) is 24.3 Å². The standard InChI is InChI=1S/C10H9BrN/c1-2-9-6-7-5-8(11)3-4-10(7)12-9/h2-6,12H,1H3. The van der Waals surface area contributed by atoms with Crippen LogP contribution in [-0.4, -0.2) is 4.98 Å². The molecule has 0 fully saturated rings. The van der Waals surface area contributed by atoms with Crippen LogP contribution in [0.5, 0.6) is 0 Å². The Morgan fingerprint density at radius 3 is 2.92 bits per heavy atom. The molecule has 0 aliphatic rings. The molecule has 0 saturated carbocycles. The van der Waals surface area contributed by atoms with E-state index in [1.54, 1.807) is 0 Å². The fourth-order valence-electron chi connectivity index (χ4n) is 1.28. The summed E-state index contributed by atoms with van der Waals surface area (Å²) in [4.78, 5) is 3.30.